The van der Waals surface area contributed by atoms with E-state index in [1.54, 1.807) is 18.2 Å². The van der Waals surface area contributed by atoms with Crippen molar-refractivity contribution in [1.29, 1.82) is 0 Å². The van der Waals surface area contributed by atoms with E-state index in [9.17, 15) is 9.18 Å². The number of anilines is 1. The molecule has 3 heterocycles. The lowest BCUT2D eigenvalue weighted by Gasteiger charge is -2.32. The summed E-state index contributed by atoms with van der Waals surface area (Å²) >= 11 is 0. The molecule has 2 N–H and O–H groups in total. The maximum atomic E-state index is 14.0. The van der Waals surface area contributed by atoms with Gasteiger partial charge < -0.3 is 9.30 Å². The molecule has 0 bridgehead atoms. The Morgan fingerprint density at radius 1 is 1.00 bits per heavy atom. The first-order chi connectivity index (χ1) is 15.6. The lowest BCUT2D eigenvalue weighted by Crippen LogP contribution is -2.44. The summed E-state index contributed by atoms with van der Waals surface area (Å²) in [6, 6.07) is 17.6. The lowest BCUT2D eigenvalue weighted by atomic mass is 10.2. The predicted molar refractivity (Wildman–Crippen MR) is 123 cm³/mol. The molecule has 0 unspecified atom stereocenters. The molecule has 4 aromatic rings. The summed E-state index contributed by atoms with van der Waals surface area (Å²) in [5, 5.41) is 0. The highest BCUT2D eigenvalue weighted by atomic mass is 19.1. The van der Waals surface area contributed by atoms with Crippen LogP contribution in [0.15, 0.2) is 60.7 Å². The van der Waals surface area contributed by atoms with Crippen LogP contribution in [-0.4, -0.2) is 58.3 Å². The van der Waals surface area contributed by atoms with Gasteiger partial charge in [0.05, 0.1) is 16.6 Å². The Labute approximate surface area is 185 Å². The number of piperazine rings is 1. The van der Waals surface area contributed by atoms with E-state index in [1.165, 1.54) is 12.1 Å². The van der Waals surface area contributed by atoms with Gasteiger partial charge in [-0.2, -0.15) is 0 Å². The topological polar surface area (TPSA) is 64.9 Å². The molecule has 0 radical (unpaired) electrons. The molecule has 8 heteroatoms. The number of carbonyl (C=O) groups excluding carboxylic acids is 1. The minimum atomic E-state index is -0.351. The zero-order chi connectivity index (χ0) is 22.1. The first-order valence-corrected chi connectivity index (χ1v) is 10.7. The maximum Gasteiger partial charge on any atom is 0.269 e. The van der Waals surface area contributed by atoms with Crippen molar-refractivity contribution in [2.75, 3.05) is 38.7 Å². The third kappa shape index (κ3) is 4.02. The predicted octanol–water partition coefficient (Wildman–Crippen LogP) is 3.13. The largest absolute Gasteiger partial charge is 0.307 e. The van der Waals surface area contributed by atoms with E-state index in [4.69, 9.17) is 0 Å². The molecule has 164 valence electrons. The average molecular weight is 433 g/mol. The summed E-state index contributed by atoms with van der Waals surface area (Å²) < 4.78 is 16.1. The number of amides is 1. The van der Waals surface area contributed by atoms with Gasteiger partial charge in [-0.15, -0.1) is 0 Å². The van der Waals surface area contributed by atoms with Crippen molar-refractivity contribution in [1.82, 2.24) is 24.6 Å². The second-order valence-corrected chi connectivity index (χ2v) is 8.16. The Morgan fingerprint density at radius 3 is 2.53 bits per heavy atom. The van der Waals surface area contributed by atoms with Crippen LogP contribution in [0.25, 0.3) is 16.6 Å². The van der Waals surface area contributed by atoms with Crippen molar-refractivity contribution in [2.24, 2.45) is 0 Å². The fourth-order valence-corrected chi connectivity index (χ4v) is 4.13. The van der Waals surface area contributed by atoms with Crippen molar-refractivity contribution in [3.63, 3.8) is 0 Å². The van der Waals surface area contributed by atoms with Crippen molar-refractivity contribution in [3.8, 4) is 0 Å². The number of benzene rings is 2. The number of aromatic nitrogens is 2. The Balaban J connectivity index is 1.50. The van der Waals surface area contributed by atoms with Crippen LogP contribution in [0.4, 0.5) is 10.2 Å². The number of carbonyl (C=O) groups is 1. The molecule has 7 nitrogen and oxygen atoms in total. The normalized spacial score (nSPS) is 15.3. The summed E-state index contributed by atoms with van der Waals surface area (Å²) in [6.07, 6.45) is 0. The summed E-state index contributed by atoms with van der Waals surface area (Å²) in [5.41, 5.74) is 9.46. The van der Waals surface area contributed by atoms with Gasteiger partial charge in [0, 0.05) is 50.0 Å². The summed E-state index contributed by atoms with van der Waals surface area (Å²) in [4.78, 5) is 21.8. The Bertz CT molecular complexity index is 1260. The highest BCUT2D eigenvalue weighted by Crippen LogP contribution is 2.26. The van der Waals surface area contributed by atoms with E-state index in [2.05, 4.69) is 43.2 Å². The van der Waals surface area contributed by atoms with Crippen molar-refractivity contribution in [2.45, 2.75) is 6.54 Å². The standard InChI is InChI=1S/C24H25FN6O/c1-29-11-13-30(14-12-29)16-19-8-10-22-23(27-28-24(32)17-5-3-2-4-6-17)26-20-15-18(25)7-9-21(20)31(19)22/h2-10,15H,11-14,16H2,1H3,(H,26,27)(H,28,32). The number of hydrogen-bond donors (Lipinski definition) is 2. The van der Waals surface area contributed by atoms with Crippen LogP contribution in [0.3, 0.4) is 0 Å². The molecule has 1 saturated heterocycles. The molecular weight excluding hydrogens is 407 g/mol. The molecule has 0 atom stereocenters. The summed E-state index contributed by atoms with van der Waals surface area (Å²) in [7, 11) is 2.14. The number of likely N-dealkylation sites (N-methyl/N-ethyl adjacent to an activating group) is 1. The van der Waals surface area contributed by atoms with Gasteiger partial charge in [-0.05, 0) is 43.4 Å². The molecule has 0 aliphatic carbocycles. The number of hydrazine groups is 1. The molecular formula is C24H25FN6O. The minimum absolute atomic E-state index is 0.269. The highest BCUT2D eigenvalue weighted by molar-refractivity contribution is 5.95. The summed E-state index contributed by atoms with van der Waals surface area (Å²) in [5.74, 6) is -0.150. The van der Waals surface area contributed by atoms with Crippen LogP contribution in [-0.2, 0) is 6.54 Å². The molecule has 2 aromatic heterocycles. The summed E-state index contributed by atoms with van der Waals surface area (Å²) in [6.45, 7) is 4.86. The van der Waals surface area contributed by atoms with Gasteiger partial charge in [-0.3, -0.25) is 20.5 Å². The van der Waals surface area contributed by atoms with Gasteiger partial charge in [0.25, 0.3) is 5.91 Å². The number of rotatable bonds is 5. The van der Waals surface area contributed by atoms with Gasteiger partial charge in [-0.25, -0.2) is 9.37 Å². The van der Waals surface area contributed by atoms with Gasteiger partial charge in [0.15, 0.2) is 5.82 Å². The van der Waals surface area contributed by atoms with Gasteiger partial charge in [-0.1, -0.05) is 18.2 Å². The molecule has 0 saturated carbocycles. The number of nitrogens with one attached hydrogen (secondary N) is 2. The number of fused-ring (bicyclic) bond motifs is 3. The molecule has 1 aliphatic rings. The molecule has 0 spiro atoms. The third-order valence-corrected chi connectivity index (χ3v) is 5.93. The maximum absolute atomic E-state index is 14.0. The van der Waals surface area contributed by atoms with Gasteiger partial charge in [0.1, 0.15) is 5.82 Å². The monoisotopic (exact) mass is 432 g/mol. The van der Waals surface area contributed by atoms with Crippen molar-refractivity contribution >= 4 is 28.3 Å². The number of hydrogen-bond acceptors (Lipinski definition) is 5. The average Bonchev–Trinajstić information content (AvgIpc) is 3.23. The van der Waals surface area contributed by atoms with E-state index >= 15 is 0 Å². The van der Waals surface area contributed by atoms with Gasteiger partial charge in [0.2, 0.25) is 0 Å². The lowest BCUT2D eigenvalue weighted by molar-refractivity contribution is 0.0962. The molecule has 1 fully saturated rings. The van der Waals surface area contributed by atoms with E-state index < -0.39 is 0 Å². The zero-order valence-electron chi connectivity index (χ0n) is 17.9. The molecule has 1 aliphatic heterocycles. The second kappa shape index (κ2) is 8.57. The van der Waals surface area contributed by atoms with E-state index in [0.717, 1.165) is 49.5 Å². The van der Waals surface area contributed by atoms with Crippen LogP contribution in [0.5, 0.6) is 0 Å². The third-order valence-electron chi connectivity index (χ3n) is 5.93. The molecule has 2 aromatic carbocycles. The van der Waals surface area contributed by atoms with Crippen LogP contribution in [0.1, 0.15) is 16.1 Å². The van der Waals surface area contributed by atoms with Crippen molar-refractivity contribution in [3.05, 3.63) is 77.7 Å². The Kier molecular flexibility index (Phi) is 5.46. The van der Waals surface area contributed by atoms with Crippen LogP contribution in [0, 0.1) is 5.82 Å². The zero-order valence-corrected chi connectivity index (χ0v) is 17.9. The van der Waals surface area contributed by atoms with Crippen LogP contribution >= 0.6 is 0 Å². The fraction of sp³-hybridized carbons (Fsp3) is 0.250. The smallest absolute Gasteiger partial charge is 0.269 e. The molecule has 32 heavy (non-hydrogen) atoms. The Hall–Kier alpha value is -3.49. The van der Waals surface area contributed by atoms with E-state index in [-0.39, 0.29) is 11.7 Å². The quantitative estimate of drug-likeness (QED) is 0.475. The van der Waals surface area contributed by atoms with E-state index in [0.29, 0.717) is 16.9 Å². The minimum Gasteiger partial charge on any atom is -0.307 e. The number of nitrogens with zero attached hydrogens (tertiary/aromatic N) is 4. The molecule has 1 amide bonds. The molecule has 5 rings (SSSR count). The fourth-order valence-electron chi connectivity index (χ4n) is 4.13. The van der Waals surface area contributed by atoms with Crippen LogP contribution < -0.4 is 10.9 Å². The Morgan fingerprint density at radius 2 is 1.75 bits per heavy atom. The van der Waals surface area contributed by atoms with Crippen LogP contribution in [0.2, 0.25) is 0 Å². The SMILES string of the molecule is CN1CCN(Cc2ccc3c(NNC(=O)c4ccccc4)nc4cc(F)ccc4n23)CC1. The second-order valence-electron chi connectivity index (χ2n) is 8.16. The highest BCUT2D eigenvalue weighted by Gasteiger charge is 2.18. The van der Waals surface area contributed by atoms with Crippen molar-refractivity contribution < 1.29 is 9.18 Å². The first-order valence-electron chi connectivity index (χ1n) is 10.7. The van der Waals surface area contributed by atoms with Gasteiger partial charge >= 0.3 is 0 Å². The first kappa shape index (κ1) is 20.4. The number of halogens is 1. The van der Waals surface area contributed by atoms with E-state index in [1.807, 2.05) is 24.3 Å².